The first-order valence-corrected chi connectivity index (χ1v) is 8.25. The van der Waals surface area contributed by atoms with E-state index in [1.54, 1.807) is 4.72 Å². The lowest BCUT2D eigenvalue weighted by molar-refractivity contribution is -0.121. The summed E-state index contributed by atoms with van der Waals surface area (Å²) >= 11 is 0. The molecule has 2 aliphatic rings. The maximum absolute atomic E-state index is 12.1. The Morgan fingerprint density at radius 2 is 1.90 bits per heavy atom. The third-order valence-corrected chi connectivity index (χ3v) is 5.07. The van der Waals surface area contributed by atoms with E-state index in [0.717, 1.165) is 30.1 Å². The van der Waals surface area contributed by atoms with Crippen molar-refractivity contribution in [2.24, 2.45) is 5.92 Å². The molecule has 0 aromatic carbocycles. The molecule has 5 nitrogen and oxygen atoms in total. The smallest absolute Gasteiger partial charge is 0.314 e. The van der Waals surface area contributed by atoms with Gasteiger partial charge in [-0.3, -0.25) is 0 Å². The largest absolute Gasteiger partial charge is 0.402 e. The Hall–Kier alpha value is -0.380. The van der Waals surface area contributed by atoms with Crippen LogP contribution in [0.4, 0.5) is 13.2 Å². The van der Waals surface area contributed by atoms with Crippen molar-refractivity contribution in [1.82, 2.24) is 14.3 Å². The topological polar surface area (TPSA) is 61.4 Å². The third kappa shape index (κ3) is 5.19. The van der Waals surface area contributed by atoms with Gasteiger partial charge in [0.2, 0.25) is 0 Å². The summed E-state index contributed by atoms with van der Waals surface area (Å²) < 4.78 is 62.7. The van der Waals surface area contributed by atoms with Crippen LogP contribution in [0.5, 0.6) is 0 Å². The van der Waals surface area contributed by atoms with E-state index in [1.807, 2.05) is 0 Å². The van der Waals surface area contributed by atoms with E-state index >= 15 is 0 Å². The number of hydrogen-bond acceptors (Lipinski definition) is 3. The summed E-state index contributed by atoms with van der Waals surface area (Å²) in [6, 6.07) is 0.547. The predicted molar refractivity (Wildman–Crippen MR) is 68.3 cm³/mol. The van der Waals surface area contributed by atoms with Gasteiger partial charge in [-0.15, -0.1) is 0 Å². The van der Waals surface area contributed by atoms with Crippen molar-refractivity contribution >= 4 is 10.2 Å². The summed E-state index contributed by atoms with van der Waals surface area (Å²) in [6.07, 6.45) is -0.630. The number of rotatable bonds is 6. The number of piperidine rings is 1. The van der Waals surface area contributed by atoms with Crippen LogP contribution in [0.3, 0.4) is 0 Å². The van der Waals surface area contributed by atoms with Gasteiger partial charge in [0.1, 0.15) is 6.54 Å². The highest BCUT2D eigenvalue weighted by atomic mass is 32.2. The molecule has 9 heteroatoms. The normalized spacial score (nSPS) is 25.9. The molecule has 0 aromatic heterocycles. The maximum Gasteiger partial charge on any atom is 0.402 e. The van der Waals surface area contributed by atoms with E-state index in [4.69, 9.17) is 0 Å². The Kier molecular flexibility index (Phi) is 4.93. The van der Waals surface area contributed by atoms with E-state index in [9.17, 15) is 21.6 Å². The van der Waals surface area contributed by atoms with Crippen molar-refractivity contribution in [3.05, 3.63) is 0 Å². The summed E-state index contributed by atoms with van der Waals surface area (Å²) in [5.41, 5.74) is 0. The molecule has 0 radical (unpaired) electrons. The van der Waals surface area contributed by atoms with E-state index in [2.05, 4.69) is 5.32 Å². The molecule has 0 spiro atoms. The fourth-order valence-electron chi connectivity index (χ4n) is 2.30. The highest BCUT2D eigenvalue weighted by Crippen LogP contribution is 2.22. The molecule has 1 saturated carbocycles. The standard InChI is InChI=1S/C11H20F3N3O2S/c12-11(13,14)8-16-20(18,19)17-5-1-2-9(7-17)6-15-10-3-4-10/h9-10,15-16H,1-8H2. The van der Waals surface area contributed by atoms with Crippen LogP contribution in [-0.2, 0) is 10.2 Å². The van der Waals surface area contributed by atoms with Crippen molar-refractivity contribution in [1.29, 1.82) is 0 Å². The first-order valence-electron chi connectivity index (χ1n) is 6.81. The molecule has 0 bridgehead atoms. The molecular weight excluding hydrogens is 295 g/mol. The molecule has 1 aliphatic heterocycles. The van der Waals surface area contributed by atoms with Crippen LogP contribution in [0.1, 0.15) is 25.7 Å². The molecule has 0 aromatic rings. The lowest BCUT2D eigenvalue weighted by atomic mass is 10.00. The van der Waals surface area contributed by atoms with Gasteiger partial charge in [-0.2, -0.15) is 30.6 Å². The SMILES string of the molecule is O=S(=O)(NCC(F)(F)F)N1CCCC(CNC2CC2)C1. The average molecular weight is 315 g/mol. The first kappa shape index (κ1) is 16.0. The minimum atomic E-state index is -4.53. The Bertz CT molecular complexity index is 423. The molecule has 118 valence electrons. The van der Waals surface area contributed by atoms with Crippen LogP contribution in [0.2, 0.25) is 0 Å². The average Bonchev–Trinajstić information content (AvgIpc) is 3.18. The van der Waals surface area contributed by atoms with Crippen molar-refractivity contribution in [3.63, 3.8) is 0 Å². The number of hydrogen-bond donors (Lipinski definition) is 2. The zero-order chi connectivity index (χ0) is 14.8. The van der Waals surface area contributed by atoms with Crippen molar-refractivity contribution in [2.75, 3.05) is 26.2 Å². The van der Waals surface area contributed by atoms with Gasteiger partial charge in [-0.05, 0) is 38.1 Å². The van der Waals surface area contributed by atoms with Gasteiger partial charge in [0, 0.05) is 19.1 Å². The zero-order valence-electron chi connectivity index (χ0n) is 11.1. The second-order valence-corrected chi connectivity index (χ2v) is 7.25. The maximum atomic E-state index is 12.1. The van der Waals surface area contributed by atoms with Gasteiger partial charge in [-0.25, -0.2) is 0 Å². The summed E-state index contributed by atoms with van der Waals surface area (Å²) in [6.45, 7) is -0.215. The molecule has 2 N–H and O–H groups in total. The van der Waals surface area contributed by atoms with Gasteiger partial charge in [0.25, 0.3) is 10.2 Å². The summed E-state index contributed by atoms with van der Waals surface area (Å²) in [4.78, 5) is 0. The van der Waals surface area contributed by atoms with E-state index in [-0.39, 0.29) is 19.0 Å². The molecule has 1 atom stereocenters. The molecule has 1 unspecified atom stereocenters. The second-order valence-electron chi connectivity index (χ2n) is 5.49. The highest BCUT2D eigenvalue weighted by molar-refractivity contribution is 7.87. The van der Waals surface area contributed by atoms with Crippen LogP contribution in [-0.4, -0.2) is 51.1 Å². The van der Waals surface area contributed by atoms with Crippen molar-refractivity contribution in [2.45, 2.75) is 37.9 Å². The van der Waals surface area contributed by atoms with Gasteiger partial charge < -0.3 is 5.32 Å². The fraction of sp³-hybridized carbons (Fsp3) is 1.00. The van der Waals surface area contributed by atoms with Gasteiger partial charge in [0.05, 0.1) is 0 Å². The lowest BCUT2D eigenvalue weighted by Crippen LogP contribution is -2.49. The number of nitrogens with one attached hydrogen (secondary N) is 2. The van der Waals surface area contributed by atoms with E-state index < -0.39 is 22.9 Å². The highest BCUT2D eigenvalue weighted by Gasteiger charge is 2.34. The zero-order valence-corrected chi connectivity index (χ0v) is 11.9. The Balaban J connectivity index is 1.82. The van der Waals surface area contributed by atoms with Crippen LogP contribution in [0, 0.1) is 5.92 Å². The quantitative estimate of drug-likeness (QED) is 0.764. The van der Waals surface area contributed by atoms with Crippen LogP contribution in [0.15, 0.2) is 0 Å². The fourth-order valence-corrected chi connectivity index (χ4v) is 3.60. The minimum absolute atomic E-state index is 0.173. The van der Waals surface area contributed by atoms with E-state index in [1.165, 1.54) is 0 Å². The second kappa shape index (κ2) is 6.17. The molecule has 0 amide bonds. The number of nitrogens with zero attached hydrogens (tertiary/aromatic N) is 1. The Labute approximate surface area is 117 Å². The molecule has 2 fully saturated rings. The van der Waals surface area contributed by atoms with Gasteiger partial charge in [-0.1, -0.05) is 0 Å². The molecule has 1 aliphatic carbocycles. The Morgan fingerprint density at radius 1 is 1.20 bits per heavy atom. The summed E-state index contributed by atoms with van der Waals surface area (Å²) in [5.74, 6) is 0.173. The van der Waals surface area contributed by atoms with Gasteiger partial charge in [0.15, 0.2) is 0 Å². The molecule has 20 heavy (non-hydrogen) atoms. The number of halogens is 3. The molecule has 1 heterocycles. The summed E-state index contributed by atoms with van der Waals surface area (Å²) in [5, 5.41) is 3.33. The van der Waals surface area contributed by atoms with Crippen molar-refractivity contribution in [3.8, 4) is 0 Å². The van der Waals surface area contributed by atoms with Crippen LogP contribution >= 0.6 is 0 Å². The minimum Gasteiger partial charge on any atom is -0.314 e. The predicted octanol–water partition coefficient (Wildman–Crippen LogP) is 0.847. The third-order valence-electron chi connectivity index (χ3n) is 3.55. The molecular formula is C11H20F3N3O2S. The van der Waals surface area contributed by atoms with E-state index in [0.29, 0.717) is 12.5 Å². The number of alkyl halides is 3. The Morgan fingerprint density at radius 3 is 2.50 bits per heavy atom. The van der Waals surface area contributed by atoms with Crippen LogP contribution < -0.4 is 10.0 Å². The van der Waals surface area contributed by atoms with Crippen molar-refractivity contribution < 1.29 is 21.6 Å². The van der Waals surface area contributed by atoms with Crippen LogP contribution in [0.25, 0.3) is 0 Å². The monoisotopic (exact) mass is 315 g/mol. The first-order chi connectivity index (χ1) is 9.26. The van der Waals surface area contributed by atoms with Gasteiger partial charge >= 0.3 is 6.18 Å². The molecule has 2 rings (SSSR count). The molecule has 1 saturated heterocycles. The lowest BCUT2D eigenvalue weighted by Gasteiger charge is -2.32. The summed E-state index contributed by atoms with van der Waals surface area (Å²) in [7, 11) is -4.04.